The molecule has 0 N–H and O–H groups in total. The molecule has 80 valence electrons. The Hall–Kier alpha value is -1.38. The van der Waals surface area contributed by atoms with Crippen molar-refractivity contribution in [1.82, 2.24) is 4.31 Å². The van der Waals surface area contributed by atoms with E-state index in [4.69, 9.17) is 5.26 Å². The first-order valence-electron chi connectivity index (χ1n) is 4.37. The van der Waals surface area contributed by atoms with Gasteiger partial charge in [-0.25, -0.2) is 12.7 Å². The molecule has 0 atom stereocenters. The van der Waals surface area contributed by atoms with Gasteiger partial charge in [-0.15, -0.1) is 0 Å². The third-order valence-electron chi connectivity index (χ3n) is 2.00. The molecule has 0 saturated heterocycles. The Kier molecular flexibility index (Phi) is 3.45. The summed E-state index contributed by atoms with van der Waals surface area (Å²) in [5.41, 5.74) is 0.536. The lowest BCUT2D eigenvalue weighted by atomic mass is 10.2. The zero-order valence-corrected chi connectivity index (χ0v) is 9.45. The summed E-state index contributed by atoms with van der Waals surface area (Å²) in [4.78, 5) is 0.205. The summed E-state index contributed by atoms with van der Waals surface area (Å²) < 4.78 is 24.8. The largest absolute Gasteiger partial charge is 0.242 e. The van der Waals surface area contributed by atoms with Gasteiger partial charge >= 0.3 is 0 Å². The van der Waals surface area contributed by atoms with Crippen molar-refractivity contribution in [2.24, 2.45) is 0 Å². The molecule has 0 bridgehead atoms. The van der Waals surface area contributed by atoms with Gasteiger partial charge in [-0.2, -0.15) is 5.26 Å². The molecule has 0 aliphatic heterocycles. The zero-order chi connectivity index (χ0) is 11.5. The fourth-order valence-corrected chi connectivity index (χ4v) is 2.30. The maximum absolute atomic E-state index is 11.8. The molecule has 15 heavy (non-hydrogen) atoms. The van der Waals surface area contributed by atoms with E-state index in [9.17, 15) is 8.42 Å². The average molecular weight is 224 g/mol. The fourth-order valence-electron chi connectivity index (χ4n) is 1.18. The minimum atomic E-state index is -3.45. The highest BCUT2D eigenvalue weighted by molar-refractivity contribution is 7.89. The van der Waals surface area contributed by atoms with E-state index in [0.717, 1.165) is 4.31 Å². The Morgan fingerprint density at radius 1 is 1.33 bits per heavy atom. The van der Waals surface area contributed by atoms with Crippen LogP contribution in [0.25, 0.3) is 0 Å². The molecule has 0 aromatic heterocycles. The third kappa shape index (κ3) is 2.35. The standard InChI is InChI=1S/C10H12N2O2S/c1-12(2)15(13,14)10-6-4-3-5-9(10)7-8-11/h3-6H,7H2,1-2H3. The van der Waals surface area contributed by atoms with Crippen molar-refractivity contribution in [1.29, 1.82) is 5.26 Å². The summed E-state index contributed by atoms with van der Waals surface area (Å²) in [6.07, 6.45) is 0.100. The molecular formula is C10H12N2O2S. The molecule has 1 aromatic carbocycles. The van der Waals surface area contributed by atoms with E-state index < -0.39 is 10.0 Å². The lowest BCUT2D eigenvalue weighted by Gasteiger charge is -2.13. The predicted octanol–water partition coefficient (Wildman–Crippen LogP) is 1.00. The van der Waals surface area contributed by atoms with Gasteiger partial charge in [-0.3, -0.25) is 0 Å². The molecule has 5 heteroatoms. The van der Waals surface area contributed by atoms with Crippen molar-refractivity contribution in [2.75, 3.05) is 14.1 Å². The van der Waals surface area contributed by atoms with Crippen LogP contribution in [0.2, 0.25) is 0 Å². The van der Waals surface area contributed by atoms with Crippen LogP contribution in [-0.4, -0.2) is 26.8 Å². The first-order valence-corrected chi connectivity index (χ1v) is 5.81. The summed E-state index contributed by atoms with van der Waals surface area (Å²) >= 11 is 0. The Labute approximate surface area is 89.8 Å². The van der Waals surface area contributed by atoms with Gasteiger partial charge in [0.2, 0.25) is 10.0 Å². The molecule has 0 fully saturated rings. The fraction of sp³-hybridized carbons (Fsp3) is 0.300. The number of nitriles is 1. The highest BCUT2D eigenvalue weighted by Gasteiger charge is 2.20. The van der Waals surface area contributed by atoms with E-state index in [1.165, 1.54) is 20.2 Å². The smallest absolute Gasteiger partial charge is 0.207 e. The second-order valence-corrected chi connectivity index (χ2v) is 5.35. The van der Waals surface area contributed by atoms with E-state index >= 15 is 0 Å². The molecule has 0 radical (unpaired) electrons. The minimum absolute atomic E-state index is 0.100. The maximum atomic E-state index is 11.8. The SMILES string of the molecule is CN(C)S(=O)(=O)c1ccccc1CC#N. The highest BCUT2D eigenvalue weighted by Crippen LogP contribution is 2.18. The second kappa shape index (κ2) is 4.43. The number of rotatable bonds is 3. The van der Waals surface area contributed by atoms with Crippen LogP contribution in [0.1, 0.15) is 5.56 Å². The zero-order valence-electron chi connectivity index (χ0n) is 8.64. The number of hydrogen-bond donors (Lipinski definition) is 0. The first kappa shape index (κ1) is 11.7. The molecular weight excluding hydrogens is 212 g/mol. The lowest BCUT2D eigenvalue weighted by molar-refractivity contribution is 0.520. The molecule has 0 aliphatic carbocycles. The molecule has 0 amide bonds. The first-order chi connectivity index (χ1) is 7.00. The van der Waals surface area contributed by atoms with Crippen molar-refractivity contribution in [3.8, 4) is 6.07 Å². The number of nitrogens with zero attached hydrogens (tertiary/aromatic N) is 2. The van der Waals surface area contributed by atoms with Crippen molar-refractivity contribution < 1.29 is 8.42 Å². The van der Waals surface area contributed by atoms with Gasteiger partial charge in [0.05, 0.1) is 17.4 Å². The van der Waals surface area contributed by atoms with Gasteiger partial charge in [0, 0.05) is 14.1 Å². The topological polar surface area (TPSA) is 61.2 Å². The second-order valence-electron chi connectivity index (χ2n) is 3.23. The Morgan fingerprint density at radius 2 is 1.93 bits per heavy atom. The molecule has 0 spiro atoms. The van der Waals surface area contributed by atoms with E-state index in [1.54, 1.807) is 18.2 Å². The van der Waals surface area contributed by atoms with Crippen LogP contribution < -0.4 is 0 Å². The normalized spacial score (nSPS) is 11.3. The Bertz CT molecular complexity index is 486. The quantitative estimate of drug-likeness (QED) is 0.769. The van der Waals surface area contributed by atoms with E-state index in [1.807, 2.05) is 6.07 Å². The van der Waals surface area contributed by atoms with Crippen LogP contribution in [-0.2, 0) is 16.4 Å². The van der Waals surface area contributed by atoms with Crippen LogP contribution in [0.4, 0.5) is 0 Å². The van der Waals surface area contributed by atoms with Crippen LogP contribution >= 0.6 is 0 Å². The van der Waals surface area contributed by atoms with Crippen molar-refractivity contribution >= 4 is 10.0 Å². The van der Waals surface area contributed by atoms with Gasteiger partial charge in [0.25, 0.3) is 0 Å². The maximum Gasteiger partial charge on any atom is 0.242 e. The van der Waals surface area contributed by atoms with Crippen LogP contribution in [0.3, 0.4) is 0 Å². The summed E-state index contributed by atoms with van der Waals surface area (Å²) in [6, 6.07) is 8.49. The molecule has 0 unspecified atom stereocenters. The predicted molar refractivity (Wildman–Crippen MR) is 56.6 cm³/mol. The molecule has 0 aliphatic rings. The number of sulfonamides is 1. The van der Waals surface area contributed by atoms with Gasteiger partial charge in [-0.05, 0) is 11.6 Å². The van der Waals surface area contributed by atoms with Gasteiger partial charge in [0.15, 0.2) is 0 Å². The van der Waals surface area contributed by atoms with Crippen LogP contribution in [0.15, 0.2) is 29.2 Å². The molecule has 1 rings (SSSR count). The van der Waals surface area contributed by atoms with E-state index in [2.05, 4.69) is 0 Å². The number of hydrogen-bond acceptors (Lipinski definition) is 3. The molecule has 0 saturated carbocycles. The summed E-state index contributed by atoms with van der Waals surface area (Å²) in [5, 5.41) is 8.59. The molecule has 1 aromatic rings. The van der Waals surface area contributed by atoms with Crippen LogP contribution in [0.5, 0.6) is 0 Å². The Balaban J connectivity index is 3.33. The van der Waals surface area contributed by atoms with E-state index in [0.29, 0.717) is 5.56 Å². The van der Waals surface area contributed by atoms with Gasteiger partial charge < -0.3 is 0 Å². The summed E-state index contributed by atoms with van der Waals surface area (Å²) in [6.45, 7) is 0. The van der Waals surface area contributed by atoms with Crippen molar-refractivity contribution in [2.45, 2.75) is 11.3 Å². The monoisotopic (exact) mass is 224 g/mol. The summed E-state index contributed by atoms with van der Waals surface area (Å²) in [5.74, 6) is 0. The number of benzene rings is 1. The minimum Gasteiger partial charge on any atom is -0.207 e. The summed E-state index contributed by atoms with van der Waals surface area (Å²) in [7, 11) is -0.506. The van der Waals surface area contributed by atoms with Gasteiger partial charge in [0.1, 0.15) is 0 Å². The van der Waals surface area contributed by atoms with E-state index in [-0.39, 0.29) is 11.3 Å². The average Bonchev–Trinajstić information content (AvgIpc) is 2.18. The third-order valence-corrected chi connectivity index (χ3v) is 3.92. The lowest BCUT2D eigenvalue weighted by Crippen LogP contribution is -2.23. The van der Waals surface area contributed by atoms with Crippen LogP contribution in [0, 0.1) is 11.3 Å². The highest BCUT2D eigenvalue weighted by atomic mass is 32.2. The molecule has 0 heterocycles. The molecule has 4 nitrogen and oxygen atoms in total. The Morgan fingerprint density at radius 3 is 2.47 bits per heavy atom. The van der Waals surface area contributed by atoms with Gasteiger partial charge in [-0.1, -0.05) is 18.2 Å². The van der Waals surface area contributed by atoms with Crippen molar-refractivity contribution in [3.05, 3.63) is 29.8 Å². The van der Waals surface area contributed by atoms with Crippen molar-refractivity contribution in [3.63, 3.8) is 0 Å².